The highest BCUT2D eigenvalue weighted by molar-refractivity contribution is 7.93. The summed E-state index contributed by atoms with van der Waals surface area (Å²) in [6, 6.07) is 0. The molecule has 0 N–H and O–H groups in total. The van der Waals surface area contributed by atoms with Gasteiger partial charge in [-0.05, 0) is 19.8 Å². The van der Waals surface area contributed by atoms with E-state index in [1.165, 1.54) is 11.2 Å². The molecule has 6 nitrogen and oxygen atoms in total. The fraction of sp³-hybridized carbons (Fsp3) is 0.900. The highest BCUT2D eigenvalue weighted by Crippen LogP contribution is 2.20. The van der Waals surface area contributed by atoms with Gasteiger partial charge in [0.15, 0.2) is 0 Å². The monoisotopic (exact) mass is 297 g/mol. The Bertz CT molecular complexity index is 500. The molecule has 0 aliphatic carbocycles. The van der Waals surface area contributed by atoms with Crippen LogP contribution in [0, 0.1) is 5.92 Å². The molecule has 0 radical (unpaired) electrons. The third-order valence-electron chi connectivity index (χ3n) is 3.13. The largest absolute Gasteiger partial charge is 0.300 e. The maximum absolute atomic E-state index is 11.9. The van der Waals surface area contributed by atoms with Crippen LogP contribution >= 0.6 is 0 Å². The van der Waals surface area contributed by atoms with E-state index in [9.17, 15) is 21.6 Å². The smallest absolute Gasteiger partial charge is 0.215 e. The summed E-state index contributed by atoms with van der Waals surface area (Å²) in [5.41, 5.74) is 0. The molecule has 0 atom stereocenters. The average Bonchev–Trinajstić information content (AvgIpc) is 2.26. The molecule has 0 aromatic heterocycles. The molecule has 1 saturated heterocycles. The minimum absolute atomic E-state index is 0.0636. The molecule has 0 aromatic carbocycles. The van der Waals surface area contributed by atoms with Gasteiger partial charge in [-0.3, -0.25) is 4.79 Å². The van der Waals surface area contributed by atoms with Crippen molar-refractivity contribution in [1.82, 2.24) is 4.31 Å². The number of nitrogens with zero attached hydrogens (tertiary/aromatic N) is 1. The number of carbonyl (C=O) groups excluding carboxylic acids is 1. The van der Waals surface area contributed by atoms with Gasteiger partial charge in [0.25, 0.3) is 0 Å². The Hall–Kier alpha value is -0.470. The Balaban J connectivity index is 2.58. The minimum Gasteiger partial charge on any atom is -0.300 e. The highest BCUT2D eigenvalue weighted by atomic mass is 32.2. The first-order valence-corrected chi connectivity index (χ1v) is 9.45. The minimum atomic E-state index is -3.52. The molecule has 1 rings (SSSR count). The van der Waals surface area contributed by atoms with E-state index in [-0.39, 0.29) is 23.2 Å². The lowest BCUT2D eigenvalue weighted by Crippen LogP contribution is -2.41. The van der Waals surface area contributed by atoms with E-state index in [4.69, 9.17) is 0 Å². The summed E-state index contributed by atoms with van der Waals surface area (Å²) in [5.74, 6) is -0.715. The van der Waals surface area contributed by atoms with Crippen molar-refractivity contribution in [3.8, 4) is 0 Å². The Morgan fingerprint density at radius 2 is 1.61 bits per heavy atom. The number of hydrogen-bond donors (Lipinski definition) is 0. The second-order valence-corrected chi connectivity index (χ2v) is 9.08. The fourth-order valence-electron chi connectivity index (χ4n) is 1.93. The van der Waals surface area contributed by atoms with E-state index in [2.05, 4.69) is 0 Å². The van der Waals surface area contributed by atoms with Crippen LogP contribution in [0.15, 0.2) is 0 Å². The quantitative estimate of drug-likeness (QED) is 0.693. The predicted octanol–water partition coefficient (Wildman–Crippen LogP) is -0.338. The topological polar surface area (TPSA) is 88.6 Å². The number of sulfonamides is 1. The van der Waals surface area contributed by atoms with E-state index < -0.39 is 19.9 Å². The molecule has 8 heteroatoms. The van der Waals surface area contributed by atoms with Crippen LogP contribution in [0.2, 0.25) is 0 Å². The molecule has 1 aliphatic rings. The molecule has 0 unspecified atom stereocenters. The van der Waals surface area contributed by atoms with Gasteiger partial charge in [0.1, 0.15) is 15.6 Å². The van der Waals surface area contributed by atoms with Gasteiger partial charge in [0, 0.05) is 25.3 Å². The summed E-state index contributed by atoms with van der Waals surface area (Å²) < 4.78 is 47.0. The number of sulfone groups is 1. The van der Waals surface area contributed by atoms with E-state index in [0.29, 0.717) is 25.9 Å². The summed E-state index contributed by atoms with van der Waals surface area (Å²) in [7, 11) is -6.80. The first-order valence-electron chi connectivity index (χ1n) is 5.78. The first-order chi connectivity index (χ1) is 8.12. The van der Waals surface area contributed by atoms with Crippen molar-refractivity contribution >= 4 is 25.6 Å². The summed E-state index contributed by atoms with van der Waals surface area (Å²) in [6.45, 7) is 2.12. The molecule has 0 amide bonds. The van der Waals surface area contributed by atoms with Crippen molar-refractivity contribution in [2.45, 2.75) is 19.8 Å². The van der Waals surface area contributed by atoms with Crippen LogP contribution in [0.3, 0.4) is 0 Å². The zero-order valence-corrected chi connectivity index (χ0v) is 12.3. The number of carbonyl (C=O) groups is 1. The maximum atomic E-state index is 11.9. The average molecular weight is 297 g/mol. The third kappa shape index (κ3) is 4.66. The van der Waals surface area contributed by atoms with Crippen molar-refractivity contribution in [3.63, 3.8) is 0 Å². The lowest BCUT2D eigenvalue weighted by Gasteiger charge is -2.29. The molecule has 0 bridgehead atoms. The number of piperidine rings is 1. The molecular weight excluding hydrogens is 278 g/mol. The van der Waals surface area contributed by atoms with Gasteiger partial charge < -0.3 is 0 Å². The Morgan fingerprint density at radius 3 is 2.00 bits per heavy atom. The van der Waals surface area contributed by atoms with Gasteiger partial charge in [0.2, 0.25) is 10.0 Å². The lowest BCUT2D eigenvalue weighted by molar-refractivity contribution is -0.121. The summed E-state index contributed by atoms with van der Waals surface area (Å²) in [5, 5.41) is 0. The van der Waals surface area contributed by atoms with Crippen LogP contribution in [-0.4, -0.2) is 57.8 Å². The first kappa shape index (κ1) is 15.6. The van der Waals surface area contributed by atoms with Crippen molar-refractivity contribution in [2.75, 3.05) is 30.9 Å². The van der Waals surface area contributed by atoms with Gasteiger partial charge in [-0.2, -0.15) is 0 Å². The van der Waals surface area contributed by atoms with Crippen molar-refractivity contribution < 1.29 is 21.6 Å². The van der Waals surface area contributed by atoms with Crippen LogP contribution in [0.1, 0.15) is 19.8 Å². The molecule has 1 heterocycles. The SMILES string of the molecule is CC(=O)C1CCN(S(=O)(=O)CCS(C)(=O)=O)CC1. The number of Topliss-reactive ketones (excluding diaryl/α,β-unsaturated/α-hetero) is 1. The number of ketones is 1. The van der Waals surface area contributed by atoms with E-state index >= 15 is 0 Å². The molecule has 18 heavy (non-hydrogen) atoms. The standard InChI is InChI=1S/C10H19NO5S2/c1-9(12)10-3-5-11(6-4-10)18(15,16)8-7-17(2,13)14/h10H,3-8H2,1-2H3. The fourth-order valence-corrected chi connectivity index (χ4v) is 5.01. The second kappa shape index (κ2) is 5.66. The predicted molar refractivity (Wildman–Crippen MR) is 68.5 cm³/mol. The van der Waals surface area contributed by atoms with Gasteiger partial charge in [-0.25, -0.2) is 21.1 Å². The van der Waals surface area contributed by atoms with Gasteiger partial charge in [-0.15, -0.1) is 0 Å². The van der Waals surface area contributed by atoms with Crippen LogP contribution in [-0.2, 0) is 24.7 Å². The van der Waals surface area contributed by atoms with E-state index in [1.807, 2.05) is 0 Å². The molecule has 1 fully saturated rings. The molecule has 0 spiro atoms. The van der Waals surface area contributed by atoms with Gasteiger partial charge >= 0.3 is 0 Å². The molecule has 106 valence electrons. The molecule has 0 saturated carbocycles. The molecule has 1 aliphatic heterocycles. The number of rotatable bonds is 5. The van der Waals surface area contributed by atoms with E-state index in [0.717, 1.165) is 6.26 Å². The van der Waals surface area contributed by atoms with Crippen LogP contribution in [0.5, 0.6) is 0 Å². The highest BCUT2D eigenvalue weighted by Gasteiger charge is 2.29. The van der Waals surface area contributed by atoms with Crippen LogP contribution in [0.25, 0.3) is 0 Å². The molecular formula is C10H19NO5S2. The maximum Gasteiger partial charge on any atom is 0.215 e. The normalized spacial score (nSPS) is 19.9. The van der Waals surface area contributed by atoms with Crippen molar-refractivity contribution in [3.05, 3.63) is 0 Å². The second-order valence-electron chi connectivity index (χ2n) is 4.73. The molecule has 0 aromatic rings. The Labute approximate surface area is 108 Å². The van der Waals surface area contributed by atoms with Gasteiger partial charge in [-0.1, -0.05) is 0 Å². The van der Waals surface area contributed by atoms with Crippen molar-refractivity contribution in [1.29, 1.82) is 0 Å². The zero-order valence-electron chi connectivity index (χ0n) is 10.6. The van der Waals surface area contributed by atoms with Gasteiger partial charge in [0.05, 0.1) is 11.5 Å². The zero-order chi connectivity index (χ0) is 14.0. The Kier molecular flexibility index (Phi) is 4.90. The summed E-state index contributed by atoms with van der Waals surface area (Å²) in [6.07, 6.45) is 2.06. The van der Waals surface area contributed by atoms with Crippen LogP contribution in [0.4, 0.5) is 0 Å². The summed E-state index contributed by atoms with van der Waals surface area (Å²) in [4.78, 5) is 11.2. The number of hydrogen-bond acceptors (Lipinski definition) is 5. The van der Waals surface area contributed by atoms with E-state index in [1.54, 1.807) is 0 Å². The van der Waals surface area contributed by atoms with Crippen molar-refractivity contribution in [2.24, 2.45) is 5.92 Å². The summed E-state index contributed by atoms with van der Waals surface area (Å²) >= 11 is 0. The lowest BCUT2D eigenvalue weighted by atomic mass is 9.95. The third-order valence-corrected chi connectivity index (χ3v) is 6.21. The van der Waals surface area contributed by atoms with Crippen LogP contribution < -0.4 is 0 Å². The Morgan fingerprint density at radius 1 is 1.11 bits per heavy atom.